The summed E-state index contributed by atoms with van der Waals surface area (Å²) in [5.41, 5.74) is 0.422. The first-order valence-corrected chi connectivity index (χ1v) is 17.0. The Balaban J connectivity index is 0.000000131. The molecule has 256 valence electrons. The summed E-state index contributed by atoms with van der Waals surface area (Å²) in [6, 6.07) is 7.11. The fraction of sp³-hybridized carbons (Fsp3) is 0.611. The number of ketones is 2. The second-order valence-electron chi connectivity index (χ2n) is 15.4. The Kier molecular flexibility index (Phi) is 6.38. The van der Waals surface area contributed by atoms with E-state index >= 15 is 0 Å². The van der Waals surface area contributed by atoms with Crippen LogP contribution in [0.4, 0.5) is 0 Å². The van der Waals surface area contributed by atoms with Gasteiger partial charge in [0.05, 0.1) is 36.3 Å². The van der Waals surface area contributed by atoms with E-state index in [1.54, 1.807) is 0 Å². The molecule has 6 N–H and O–H groups in total. The molecule has 48 heavy (non-hydrogen) atoms. The van der Waals surface area contributed by atoms with Crippen LogP contribution in [0.25, 0.3) is 0 Å². The Labute approximate surface area is 277 Å². The van der Waals surface area contributed by atoms with Gasteiger partial charge in [0.1, 0.15) is 22.7 Å². The average Bonchev–Trinajstić information content (AvgIpc) is 3.61. The Morgan fingerprint density at radius 1 is 0.688 bits per heavy atom. The summed E-state index contributed by atoms with van der Waals surface area (Å²) >= 11 is 0. The number of nitrogens with zero attached hydrogens (tertiary/aromatic N) is 2. The van der Waals surface area contributed by atoms with Crippen LogP contribution in [0.3, 0.4) is 0 Å². The summed E-state index contributed by atoms with van der Waals surface area (Å²) in [5.74, 6) is 0.764. The lowest BCUT2D eigenvalue weighted by atomic mass is 9.48. The first kappa shape index (κ1) is 31.1. The highest BCUT2D eigenvalue weighted by Gasteiger charge is 2.77. The molecule has 2 spiro atoms. The van der Waals surface area contributed by atoms with Crippen LogP contribution in [0.15, 0.2) is 24.3 Å². The van der Waals surface area contributed by atoms with Gasteiger partial charge in [0.15, 0.2) is 23.8 Å². The third-order valence-electron chi connectivity index (χ3n) is 13.7. The predicted octanol–water partition coefficient (Wildman–Crippen LogP) is -0.995. The molecular formula is C36H42N2O10. The van der Waals surface area contributed by atoms with Crippen molar-refractivity contribution in [3.63, 3.8) is 0 Å². The summed E-state index contributed by atoms with van der Waals surface area (Å²) in [6.07, 6.45) is -1.63. The lowest BCUT2D eigenvalue weighted by Gasteiger charge is -2.63. The molecule has 2 saturated heterocycles. The molecule has 0 aromatic heterocycles. The van der Waals surface area contributed by atoms with Crippen molar-refractivity contribution in [2.24, 2.45) is 0 Å². The number of ether oxygens (including phenoxy) is 2. The SMILES string of the molecule is CN1CC[C@]23c4c5ccc(CO)c4O[C@H]2C(=O)C[C@@H](O)[C@@]3(O)[C@H]1C5.CN1CC[C@]23c4c5ccc(CO)c4O[C@H]2C(=O)C[C@H](O)[C@@]3(O)[C@H]1C5. The Bertz CT molecular complexity index is 1660. The van der Waals surface area contributed by atoms with Crippen molar-refractivity contribution in [1.29, 1.82) is 0 Å². The van der Waals surface area contributed by atoms with E-state index in [1.807, 2.05) is 38.4 Å². The zero-order chi connectivity index (χ0) is 33.7. The zero-order valence-electron chi connectivity index (χ0n) is 27.1. The molecule has 0 radical (unpaired) electrons. The van der Waals surface area contributed by atoms with Gasteiger partial charge in [0.25, 0.3) is 0 Å². The summed E-state index contributed by atoms with van der Waals surface area (Å²) in [7, 11) is 3.91. The standard InChI is InChI=1S/2C18H21NO5/c2*1-19-5-4-17-14-9-2-3-10(8-20)15(14)24-16(17)11(21)7-13(22)18(17,23)12(19)6-9/h2*2-3,12-13,16,20,22-23H,4-8H2,1H3/t12-,13+,16+,17+,18+;12-,13-,16+,17+,18+/m11/s1. The van der Waals surface area contributed by atoms with Gasteiger partial charge < -0.3 is 49.9 Å². The first-order valence-electron chi connectivity index (χ1n) is 17.0. The van der Waals surface area contributed by atoms with Crippen molar-refractivity contribution in [3.05, 3.63) is 57.6 Å². The lowest BCUT2D eigenvalue weighted by molar-refractivity contribution is -0.226. The molecular weight excluding hydrogens is 620 g/mol. The van der Waals surface area contributed by atoms with Gasteiger partial charge in [-0.05, 0) is 64.0 Å². The normalized spacial score (nSPS) is 42.7. The number of aliphatic hydroxyl groups excluding tert-OH is 4. The van der Waals surface area contributed by atoms with Gasteiger partial charge in [0, 0.05) is 47.2 Å². The number of hydrogen-bond donors (Lipinski definition) is 6. The van der Waals surface area contributed by atoms with Crippen LogP contribution in [0.2, 0.25) is 0 Å². The minimum absolute atomic E-state index is 0.0922. The van der Waals surface area contributed by atoms with Gasteiger partial charge in [-0.1, -0.05) is 24.3 Å². The molecule has 0 amide bonds. The van der Waals surface area contributed by atoms with E-state index in [0.29, 0.717) is 48.3 Å². The van der Waals surface area contributed by atoms with Crippen molar-refractivity contribution < 1.29 is 49.7 Å². The number of rotatable bonds is 2. The second kappa shape index (κ2) is 9.85. The minimum Gasteiger partial charge on any atom is -0.481 e. The summed E-state index contributed by atoms with van der Waals surface area (Å²) in [5, 5.41) is 64.3. The van der Waals surface area contributed by atoms with Crippen LogP contribution in [0.1, 0.15) is 59.1 Å². The Morgan fingerprint density at radius 2 is 1.08 bits per heavy atom. The molecule has 2 saturated carbocycles. The van der Waals surface area contributed by atoms with Gasteiger partial charge in [-0.15, -0.1) is 0 Å². The molecule has 12 nitrogen and oxygen atoms in total. The van der Waals surface area contributed by atoms with E-state index in [2.05, 4.69) is 9.80 Å². The molecule has 12 heteroatoms. The topological polar surface area (TPSA) is 180 Å². The highest BCUT2D eigenvalue weighted by atomic mass is 16.5. The van der Waals surface area contributed by atoms with E-state index in [0.717, 1.165) is 35.3 Å². The van der Waals surface area contributed by atoms with E-state index in [-0.39, 0.29) is 49.7 Å². The summed E-state index contributed by atoms with van der Waals surface area (Å²) in [6.45, 7) is 1.11. The van der Waals surface area contributed by atoms with E-state index in [4.69, 9.17) is 9.47 Å². The fourth-order valence-electron chi connectivity index (χ4n) is 11.6. The minimum atomic E-state index is -1.41. The summed E-state index contributed by atoms with van der Waals surface area (Å²) < 4.78 is 12.1. The molecule has 2 aromatic rings. The average molecular weight is 663 g/mol. The smallest absolute Gasteiger partial charge is 0.177 e. The molecule has 4 aliphatic carbocycles. The third kappa shape index (κ3) is 3.25. The predicted molar refractivity (Wildman–Crippen MR) is 168 cm³/mol. The number of carbonyl (C=O) groups is 2. The number of Topliss-reactive ketones (excluding diaryl/α,β-unsaturated/α-hetero) is 2. The molecule has 0 unspecified atom stereocenters. The van der Waals surface area contributed by atoms with E-state index in [9.17, 15) is 40.2 Å². The van der Waals surface area contributed by atoms with Crippen molar-refractivity contribution in [2.45, 2.75) is 110 Å². The van der Waals surface area contributed by atoms with Crippen LogP contribution in [0.5, 0.6) is 11.5 Å². The zero-order valence-corrected chi connectivity index (χ0v) is 27.1. The molecule has 4 fully saturated rings. The number of piperidine rings is 2. The van der Waals surface area contributed by atoms with Gasteiger partial charge in [0.2, 0.25) is 0 Å². The molecule has 8 aliphatic rings. The number of carbonyl (C=O) groups excluding carboxylic acids is 2. The number of likely N-dealkylation sites (N-methyl/N-ethyl adjacent to an activating group) is 2. The van der Waals surface area contributed by atoms with Crippen LogP contribution >= 0.6 is 0 Å². The maximum Gasteiger partial charge on any atom is 0.177 e. The van der Waals surface area contributed by atoms with E-state index in [1.165, 1.54) is 0 Å². The number of benzene rings is 2. The highest BCUT2D eigenvalue weighted by molar-refractivity contribution is 5.91. The number of likely N-dealkylation sites (tertiary alicyclic amines) is 2. The van der Waals surface area contributed by atoms with Crippen molar-refractivity contribution >= 4 is 11.6 Å². The van der Waals surface area contributed by atoms with Crippen molar-refractivity contribution in [1.82, 2.24) is 9.80 Å². The fourth-order valence-corrected chi connectivity index (χ4v) is 11.6. The maximum atomic E-state index is 12.7. The molecule has 2 aromatic carbocycles. The van der Waals surface area contributed by atoms with Crippen molar-refractivity contribution in [2.75, 3.05) is 27.2 Å². The number of aliphatic hydroxyl groups is 6. The van der Waals surface area contributed by atoms with Crippen LogP contribution in [-0.4, -0.2) is 127 Å². The molecule has 4 heterocycles. The van der Waals surface area contributed by atoms with Gasteiger partial charge in [-0.3, -0.25) is 9.59 Å². The highest BCUT2D eigenvalue weighted by Crippen LogP contribution is 2.65. The van der Waals surface area contributed by atoms with Gasteiger partial charge in [-0.25, -0.2) is 0 Å². The van der Waals surface area contributed by atoms with E-state index < -0.39 is 46.4 Å². The molecule has 4 bridgehead atoms. The largest absolute Gasteiger partial charge is 0.481 e. The molecule has 10 rings (SSSR count). The van der Waals surface area contributed by atoms with Crippen LogP contribution in [-0.2, 0) is 46.5 Å². The van der Waals surface area contributed by atoms with Gasteiger partial charge >= 0.3 is 0 Å². The first-order chi connectivity index (χ1) is 22.9. The number of hydrogen-bond acceptors (Lipinski definition) is 12. The van der Waals surface area contributed by atoms with Crippen molar-refractivity contribution in [3.8, 4) is 11.5 Å². The Morgan fingerprint density at radius 3 is 1.46 bits per heavy atom. The maximum absolute atomic E-state index is 12.7. The van der Waals surface area contributed by atoms with Gasteiger partial charge in [-0.2, -0.15) is 0 Å². The van der Waals surface area contributed by atoms with Crippen LogP contribution < -0.4 is 9.47 Å². The molecule has 4 aliphatic heterocycles. The Hall–Kier alpha value is -2.94. The summed E-state index contributed by atoms with van der Waals surface area (Å²) in [4.78, 5) is 29.5. The third-order valence-corrected chi connectivity index (χ3v) is 13.7. The second-order valence-corrected chi connectivity index (χ2v) is 15.4. The quantitative estimate of drug-likeness (QED) is 0.232. The monoisotopic (exact) mass is 662 g/mol. The lowest BCUT2D eigenvalue weighted by Crippen LogP contribution is -2.80. The van der Waals surface area contributed by atoms with Crippen LogP contribution in [0, 0.1) is 0 Å². The molecule has 10 atom stereocenters.